The van der Waals surface area contributed by atoms with Crippen molar-refractivity contribution in [1.29, 1.82) is 0 Å². The molecule has 1 aliphatic heterocycles. The zero-order valence-electron chi connectivity index (χ0n) is 15.6. The molecule has 1 aliphatic rings. The molecule has 0 fully saturated rings. The van der Waals surface area contributed by atoms with Crippen molar-refractivity contribution in [2.75, 3.05) is 14.1 Å². The average molecular weight is 347 g/mol. The minimum Gasteiger partial charge on any atom is -0.481 e. The van der Waals surface area contributed by atoms with Crippen molar-refractivity contribution in [3.05, 3.63) is 34.9 Å². The number of amides is 2. The van der Waals surface area contributed by atoms with Crippen LogP contribution in [0.25, 0.3) is 0 Å². The van der Waals surface area contributed by atoms with Crippen molar-refractivity contribution in [3.63, 3.8) is 0 Å². The Bertz CT molecular complexity index is 630. The predicted molar refractivity (Wildman–Crippen MR) is 97.1 cm³/mol. The van der Waals surface area contributed by atoms with Crippen LogP contribution in [-0.4, -0.2) is 47.0 Å². The van der Waals surface area contributed by atoms with Crippen LogP contribution in [0.15, 0.2) is 18.2 Å². The molecule has 0 saturated heterocycles. The second-order valence-electron chi connectivity index (χ2n) is 7.51. The monoisotopic (exact) mass is 347 g/mol. The van der Waals surface area contributed by atoms with Gasteiger partial charge in [0.1, 0.15) is 0 Å². The maximum atomic E-state index is 12.4. The highest BCUT2D eigenvalue weighted by Gasteiger charge is 2.20. The van der Waals surface area contributed by atoms with Crippen LogP contribution >= 0.6 is 0 Å². The number of hydrogen-bond acceptors (Lipinski definition) is 3. The van der Waals surface area contributed by atoms with E-state index in [1.54, 1.807) is 11.9 Å². The molecule has 0 radical (unpaired) electrons. The van der Waals surface area contributed by atoms with Crippen molar-refractivity contribution in [2.24, 2.45) is 5.92 Å². The quantitative estimate of drug-likeness (QED) is 0.795. The number of urea groups is 1. The number of carboxylic acid groups (broad SMARTS) is 1. The molecule has 0 saturated carbocycles. The first-order valence-corrected chi connectivity index (χ1v) is 8.77. The minimum absolute atomic E-state index is 0.0526. The van der Waals surface area contributed by atoms with E-state index in [4.69, 9.17) is 5.11 Å². The summed E-state index contributed by atoms with van der Waals surface area (Å²) in [5, 5.41) is 11.9. The van der Waals surface area contributed by atoms with Gasteiger partial charge in [-0.1, -0.05) is 32.0 Å². The number of rotatable bonds is 7. The minimum atomic E-state index is -0.892. The number of nitrogens with one attached hydrogen (secondary N) is 1. The maximum Gasteiger partial charge on any atom is 0.317 e. The first kappa shape index (κ1) is 19.2. The second kappa shape index (κ2) is 8.34. The number of carboxylic acids is 1. The molecular formula is C19H29N3O3. The van der Waals surface area contributed by atoms with Crippen molar-refractivity contribution in [1.82, 2.24) is 15.1 Å². The van der Waals surface area contributed by atoms with Crippen LogP contribution in [-0.2, 0) is 24.4 Å². The van der Waals surface area contributed by atoms with E-state index in [1.165, 1.54) is 11.1 Å². The van der Waals surface area contributed by atoms with Gasteiger partial charge in [0.05, 0.1) is 6.42 Å². The Morgan fingerprint density at radius 2 is 1.96 bits per heavy atom. The third-order valence-corrected chi connectivity index (χ3v) is 4.42. The van der Waals surface area contributed by atoms with E-state index in [0.717, 1.165) is 18.7 Å². The molecule has 0 spiro atoms. The fraction of sp³-hybridized carbons (Fsp3) is 0.579. The molecule has 6 heteroatoms. The van der Waals surface area contributed by atoms with Gasteiger partial charge in [0, 0.05) is 32.7 Å². The fourth-order valence-corrected chi connectivity index (χ4v) is 3.32. The Hall–Kier alpha value is -2.08. The van der Waals surface area contributed by atoms with Crippen LogP contribution in [0, 0.1) is 5.92 Å². The Labute approximate surface area is 149 Å². The highest BCUT2D eigenvalue weighted by atomic mass is 16.4. The third kappa shape index (κ3) is 5.74. The molecule has 0 aromatic heterocycles. The largest absolute Gasteiger partial charge is 0.481 e. The standard InChI is InChI=1S/C19H29N3O3/c1-13(2)7-17(9-18(23)24)20-19(25)22(4)10-14-5-6-15-11-21(3)12-16(15)8-14/h5-6,8,13,17H,7,9-12H2,1-4H3,(H,20,25)(H,23,24)/t17-/m1/s1. The maximum absolute atomic E-state index is 12.4. The summed E-state index contributed by atoms with van der Waals surface area (Å²) >= 11 is 0. The first-order valence-electron chi connectivity index (χ1n) is 8.77. The first-order chi connectivity index (χ1) is 11.7. The molecule has 2 N–H and O–H groups in total. The van der Waals surface area contributed by atoms with Crippen LogP contribution in [0.5, 0.6) is 0 Å². The van der Waals surface area contributed by atoms with Crippen molar-refractivity contribution in [2.45, 2.75) is 52.4 Å². The van der Waals surface area contributed by atoms with E-state index < -0.39 is 5.97 Å². The summed E-state index contributed by atoms with van der Waals surface area (Å²) in [6, 6.07) is 5.77. The number of fused-ring (bicyclic) bond motifs is 1. The molecule has 1 aromatic carbocycles. The molecule has 0 bridgehead atoms. The normalized spacial score (nSPS) is 15.1. The SMILES string of the molecule is CC(C)C[C@H](CC(=O)O)NC(=O)N(C)Cc1ccc2c(c1)CN(C)C2. The summed E-state index contributed by atoms with van der Waals surface area (Å²) in [7, 11) is 3.83. The topological polar surface area (TPSA) is 72.9 Å². The summed E-state index contributed by atoms with van der Waals surface area (Å²) in [5.74, 6) is -0.569. The van der Waals surface area contributed by atoms with Crippen molar-refractivity contribution < 1.29 is 14.7 Å². The van der Waals surface area contributed by atoms with Gasteiger partial charge in [0.25, 0.3) is 0 Å². The second-order valence-corrected chi connectivity index (χ2v) is 7.51. The van der Waals surface area contributed by atoms with Gasteiger partial charge in [0.2, 0.25) is 0 Å². The number of aliphatic carboxylic acids is 1. The molecule has 0 aliphatic carbocycles. The molecule has 2 rings (SSSR count). The van der Waals surface area contributed by atoms with Gasteiger partial charge in [0.15, 0.2) is 0 Å². The summed E-state index contributed by atoms with van der Waals surface area (Å²) in [5.41, 5.74) is 3.75. The lowest BCUT2D eigenvalue weighted by Gasteiger charge is -2.24. The van der Waals surface area contributed by atoms with Gasteiger partial charge >= 0.3 is 12.0 Å². The van der Waals surface area contributed by atoms with Gasteiger partial charge in [-0.2, -0.15) is 0 Å². The van der Waals surface area contributed by atoms with Crippen LogP contribution in [0.2, 0.25) is 0 Å². The number of benzene rings is 1. The number of hydrogen-bond donors (Lipinski definition) is 2. The van der Waals surface area contributed by atoms with Crippen LogP contribution in [0.3, 0.4) is 0 Å². The summed E-state index contributed by atoms with van der Waals surface area (Å²) in [6.07, 6.45) is 0.597. The molecule has 138 valence electrons. The van der Waals surface area contributed by atoms with E-state index in [9.17, 15) is 9.59 Å². The molecular weight excluding hydrogens is 318 g/mol. The number of carbonyl (C=O) groups is 2. The molecule has 1 atom stereocenters. The van der Waals surface area contributed by atoms with Gasteiger partial charge in [-0.05, 0) is 36.1 Å². The lowest BCUT2D eigenvalue weighted by molar-refractivity contribution is -0.137. The zero-order valence-corrected chi connectivity index (χ0v) is 15.6. The van der Waals surface area contributed by atoms with Crippen LogP contribution < -0.4 is 5.32 Å². The van der Waals surface area contributed by atoms with E-state index in [1.807, 2.05) is 13.8 Å². The summed E-state index contributed by atoms with van der Waals surface area (Å²) < 4.78 is 0. The van der Waals surface area contributed by atoms with E-state index in [0.29, 0.717) is 18.9 Å². The number of carbonyl (C=O) groups excluding carboxylic acids is 1. The molecule has 6 nitrogen and oxygen atoms in total. The Morgan fingerprint density at radius 1 is 1.28 bits per heavy atom. The molecule has 1 aromatic rings. The highest BCUT2D eigenvalue weighted by Crippen LogP contribution is 2.22. The predicted octanol–water partition coefficient (Wildman–Crippen LogP) is 2.66. The van der Waals surface area contributed by atoms with E-state index >= 15 is 0 Å². The molecule has 1 heterocycles. The van der Waals surface area contributed by atoms with Gasteiger partial charge in [-0.15, -0.1) is 0 Å². The molecule has 0 unspecified atom stereocenters. The molecule has 25 heavy (non-hydrogen) atoms. The van der Waals surface area contributed by atoms with Crippen LogP contribution in [0.1, 0.15) is 43.4 Å². The lowest BCUT2D eigenvalue weighted by Crippen LogP contribution is -2.44. The van der Waals surface area contributed by atoms with Crippen LogP contribution in [0.4, 0.5) is 4.79 Å². The highest BCUT2D eigenvalue weighted by molar-refractivity contribution is 5.75. The summed E-state index contributed by atoms with van der Waals surface area (Å²) in [6.45, 7) is 6.45. The fourth-order valence-electron chi connectivity index (χ4n) is 3.32. The van der Waals surface area contributed by atoms with Gasteiger partial charge in [-0.3, -0.25) is 9.69 Å². The zero-order chi connectivity index (χ0) is 18.6. The smallest absolute Gasteiger partial charge is 0.317 e. The third-order valence-electron chi connectivity index (χ3n) is 4.42. The number of nitrogens with zero attached hydrogens (tertiary/aromatic N) is 2. The van der Waals surface area contributed by atoms with Gasteiger partial charge in [-0.25, -0.2) is 4.79 Å². The summed E-state index contributed by atoms with van der Waals surface area (Å²) in [4.78, 5) is 27.3. The van der Waals surface area contributed by atoms with Crippen molar-refractivity contribution >= 4 is 12.0 Å². The molecule has 2 amide bonds. The van der Waals surface area contributed by atoms with Gasteiger partial charge < -0.3 is 15.3 Å². The Balaban J connectivity index is 1.95. The average Bonchev–Trinajstić information content (AvgIpc) is 2.84. The Morgan fingerprint density at radius 3 is 2.60 bits per heavy atom. The lowest BCUT2D eigenvalue weighted by atomic mass is 10.0. The van der Waals surface area contributed by atoms with Crippen molar-refractivity contribution in [3.8, 4) is 0 Å². The Kier molecular flexibility index (Phi) is 6.42. The van der Waals surface area contributed by atoms with E-state index in [2.05, 4.69) is 35.5 Å². The van der Waals surface area contributed by atoms with E-state index in [-0.39, 0.29) is 18.5 Å².